The molecule has 1 aliphatic heterocycles. The van der Waals surface area contributed by atoms with Gasteiger partial charge in [-0.2, -0.15) is 0 Å². The molecule has 0 amide bonds. The summed E-state index contributed by atoms with van der Waals surface area (Å²) in [5.74, 6) is 1.45. The van der Waals surface area contributed by atoms with Gasteiger partial charge in [-0.05, 0) is 26.7 Å². The number of guanidine groups is 1. The van der Waals surface area contributed by atoms with E-state index in [1.54, 1.807) is 11.3 Å². The van der Waals surface area contributed by atoms with E-state index in [0.717, 1.165) is 62.6 Å². The van der Waals surface area contributed by atoms with Crippen molar-refractivity contribution in [1.82, 2.24) is 20.5 Å². The van der Waals surface area contributed by atoms with Crippen molar-refractivity contribution in [3.63, 3.8) is 0 Å². The molecule has 1 unspecified atom stereocenters. The van der Waals surface area contributed by atoms with Crippen molar-refractivity contribution >= 4 is 17.3 Å². The monoisotopic (exact) mass is 353 g/mol. The number of thiazole rings is 1. The maximum absolute atomic E-state index is 5.41. The first-order chi connectivity index (χ1) is 11.6. The molecular formula is C17H31N5OS. The number of aryl methyl sites for hydroxylation is 2. The van der Waals surface area contributed by atoms with Gasteiger partial charge in [-0.1, -0.05) is 6.92 Å². The zero-order valence-electron chi connectivity index (χ0n) is 15.4. The number of hydrogen-bond acceptors (Lipinski definition) is 5. The highest BCUT2D eigenvalue weighted by molar-refractivity contribution is 7.11. The first-order valence-corrected chi connectivity index (χ1v) is 9.65. The van der Waals surface area contributed by atoms with Crippen LogP contribution >= 0.6 is 11.3 Å². The summed E-state index contributed by atoms with van der Waals surface area (Å²) in [5, 5.41) is 7.91. The maximum atomic E-state index is 5.41. The van der Waals surface area contributed by atoms with E-state index in [1.165, 1.54) is 4.88 Å². The molecule has 136 valence electrons. The van der Waals surface area contributed by atoms with Gasteiger partial charge < -0.3 is 15.4 Å². The molecule has 0 radical (unpaired) electrons. The molecule has 1 atom stereocenters. The molecule has 24 heavy (non-hydrogen) atoms. The van der Waals surface area contributed by atoms with Crippen molar-refractivity contribution in [2.45, 2.75) is 34.2 Å². The number of rotatable bonds is 7. The predicted octanol–water partition coefficient (Wildman–Crippen LogP) is 1.78. The minimum atomic E-state index is 0.569. The minimum Gasteiger partial charge on any atom is -0.379 e. The molecule has 1 aliphatic rings. The van der Waals surface area contributed by atoms with E-state index in [2.05, 4.69) is 41.3 Å². The number of morpholine rings is 1. The van der Waals surface area contributed by atoms with Crippen molar-refractivity contribution in [2.75, 3.05) is 45.9 Å². The number of aliphatic imine (C=N–C) groups is 1. The van der Waals surface area contributed by atoms with Crippen molar-refractivity contribution in [2.24, 2.45) is 10.9 Å². The van der Waals surface area contributed by atoms with Crippen LogP contribution in [-0.4, -0.2) is 61.8 Å². The Hall–Kier alpha value is -1.18. The van der Waals surface area contributed by atoms with Crippen LogP contribution in [0.15, 0.2) is 4.99 Å². The lowest BCUT2D eigenvalue weighted by molar-refractivity contribution is 0.0320. The molecule has 0 saturated carbocycles. The van der Waals surface area contributed by atoms with Gasteiger partial charge in [0, 0.05) is 37.6 Å². The summed E-state index contributed by atoms with van der Waals surface area (Å²) >= 11 is 1.73. The third kappa shape index (κ3) is 6.37. The molecule has 7 heteroatoms. The fourth-order valence-electron chi connectivity index (χ4n) is 2.77. The molecule has 1 aromatic rings. The molecule has 1 aromatic heterocycles. The zero-order valence-corrected chi connectivity index (χ0v) is 16.2. The highest BCUT2D eigenvalue weighted by Gasteiger charge is 2.14. The molecule has 2 heterocycles. The Kier molecular flexibility index (Phi) is 7.94. The van der Waals surface area contributed by atoms with Crippen LogP contribution in [0.1, 0.15) is 29.4 Å². The molecule has 6 nitrogen and oxygen atoms in total. The number of aromatic nitrogens is 1. The average molecular weight is 354 g/mol. The van der Waals surface area contributed by atoms with Gasteiger partial charge in [-0.3, -0.25) is 4.90 Å². The van der Waals surface area contributed by atoms with Crippen LogP contribution in [0.4, 0.5) is 0 Å². The molecule has 0 spiro atoms. The fourth-order valence-corrected chi connectivity index (χ4v) is 3.63. The van der Waals surface area contributed by atoms with Gasteiger partial charge in [0.25, 0.3) is 0 Å². The van der Waals surface area contributed by atoms with Gasteiger partial charge in [-0.15, -0.1) is 11.3 Å². The third-order valence-electron chi connectivity index (χ3n) is 4.02. The number of nitrogens with zero attached hydrogens (tertiary/aromatic N) is 3. The van der Waals surface area contributed by atoms with Gasteiger partial charge in [0.1, 0.15) is 0 Å². The lowest BCUT2D eigenvalue weighted by atomic mass is 10.1. The first-order valence-electron chi connectivity index (χ1n) is 8.83. The number of nitrogens with one attached hydrogen (secondary N) is 2. The Balaban J connectivity index is 1.81. The molecule has 2 N–H and O–H groups in total. The third-order valence-corrected chi connectivity index (χ3v) is 5.07. The number of hydrogen-bond donors (Lipinski definition) is 2. The summed E-state index contributed by atoms with van der Waals surface area (Å²) in [6.07, 6.45) is 0. The minimum absolute atomic E-state index is 0.569. The second-order valence-electron chi connectivity index (χ2n) is 6.34. The maximum Gasteiger partial charge on any atom is 0.191 e. The molecule has 1 fully saturated rings. The van der Waals surface area contributed by atoms with E-state index < -0.39 is 0 Å². The second-order valence-corrected chi connectivity index (χ2v) is 7.62. The Labute approximate surface area is 149 Å². The Morgan fingerprint density at radius 1 is 1.33 bits per heavy atom. The lowest BCUT2D eigenvalue weighted by Gasteiger charge is -2.29. The van der Waals surface area contributed by atoms with Gasteiger partial charge in [0.2, 0.25) is 0 Å². The quantitative estimate of drug-likeness (QED) is 0.578. The Morgan fingerprint density at radius 3 is 2.71 bits per heavy atom. The van der Waals surface area contributed by atoms with E-state index in [1.807, 2.05) is 6.92 Å². The summed E-state index contributed by atoms with van der Waals surface area (Å²) in [7, 11) is 0. The molecule has 0 aromatic carbocycles. The summed E-state index contributed by atoms with van der Waals surface area (Å²) in [5.41, 5.74) is 1.10. The normalized spacial score (nSPS) is 17.8. The van der Waals surface area contributed by atoms with E-state index in [0.29, 0.717) is 12.5 Å². The number of ether oxygens (including phenoxy) is 1. The summed E-state index contributed by atoms with van der Waals surface area (Å²) in [6.45, 7) is 15.8. The summed E-state index contributed by atoms with van der Waals surface area (Å²) in [6, 6.07) is 0. The lowest BCUT2D eigenvalue weighted by Crippen LogP contribution is -2.44. The summed E-state index contributed by atoms with van der Waals surface area (Å²) in [4.78, 5) is 12.9. The van der Waals surface area contributed by atoms with Crippen LogP contribution in [0, 0.1) is 19.8 Å². The van der Waals surface area contributed by atoms with E-state index >= 15 is 0 Å². The Morgan fingerprint density at radius 2 is 2.08 bits per heavy atom. The van der Waals surface area contributed by atoms with Crippen LogP contribution in [0.25, 0.3) is 0 Å². The smallest absolute Gasteiger partial charge is 0.191 e. The molecule has 0 aliphatic carbocycles. The second kappa shape index (κ2) is 9.96. The zero-order chi connectivity index (χ0) is 17.4. The van der Waals surface area contributed by atoms with E-state index in [4.69, 9.17) is 9.73 Å². The van der Waals surface area contributed by atoms with Crippen molar-refractivity contribution in [1.29, 1.82) is 0 Å². The van der Waals surface area contributed by atoms with Gasteiger partial charge in [0.15, 0.2) is 5.96 Å². The van der Waals surface area contributed by atoms with E-state index in [9.17, 15) is 0 Å². The van der Waals surface area contributed by atoms with Crippen molar-refractivity contribution in [3.05, 3.63) is 15.6 Å². The van der Waals surface area contributed by atoms with Gasteiger partial charge in [0.05, 0.1) is 30.5 Å². The standard InChI is InChI=1S/C17H31N5OS/c1-5-18-17(20-11-16-14(3)21-15(4)24-16)19-10-13(2)12-22-6-8-23-9-7-22/h13H,5-12H2,1-4H3,(H2,18,19,20). The Bertz CT molecular complexity index is 525. The molecule has 1 saturated heterocycles. The van der Waals surface area contributed by atoms with E-state index in [-0.39, 0.29) is 0 Å². The topological polar surface area (TPSA) is 61.8 Å². The van der Waals surface area contributed by atoms with Crippen LogP contribution < -0.4 is 10.6 Å². The highest BCUT2D eigenvalue weighted by Crippen LogP contribution is 2.17. The summed E-state index contributed by atoms with van der Waals surface area (Å²) < 4.78 is 5.41. The van der Waals surface area contributed by atoms with Crippen LogP contribution in [0.2, 0.25) is 0 Å². The first kappa shape index (κ1) is 19.1. The van der Waals surface area contributed by atoms with Crippen molar-refractivity contribution in [3.8, 4) is 0 Å². The largest absolute Gasteiger partial charge is 0.379 e. The average Bonchev–Trinajstić information content (AvgIpc) is 2.88. The SMILES string of the molecule is CCNC(=NCc1sc(C)nc1C)NCC(C)CN1CCOCC1. The van der Waals surface area contributed by atoms with Gasteiger partial charge in [-0.25, -0.2) is 9.98 Å². The van der Waals surface area contributed by atoms with Gasteiger partial charge >= 0.3 is 0 Å². The fraction of sp³-hybridized carbons (Fsp3) is 0.765. The molecule has 2 rings (SSSR count). The van der Waals surface area contributed by atoms with Crippen LogP contribution in [0.5, 0.6) is 0 Å². The van der Waals surface area contributed by atoms with Crippen LogP contribution in [0.3, 0.4) is 0 Å². The molecular weight excluding hydrogens is 322 g/mol. The predicted molar refractivity (Wildman–Crippen MR) is 101 cm³/mol. The van der Waals surface area contributed by atoms with Crippen molar-refractivity contribution < 1.29 is 4.74 Å². The highest BCUT2D eigenvalue weighted by atomic mass is 32.1. The van der Waals surface area contributed by atoms with Crippen LogP contribution in [-0.2, 0) is 11.3 Å². The molecule has 0 bridgehead atoms.